The first-order valence-electron chi connectivity index (χ1n) is 8.72. The quantitative estimate of drug-likeness (QED) is 0.822. The van der Waals surface area contributed by atoms with Crippen LogP contribution in [0.4, 0.5) is 17.1 Å². The van der Waals surface area contributed by atoms with Gasteiger partial charge in [-0.25, -0.2) is 0 Å². The predicted octanol–water partition coefficient (Wildman–Crippen LogP) is 2.79. The summed E-state index contributed by atoms with van der Waals surface area (Å²) in [4.78, 5) is 36.6. The van der Waals surface area contributed by atoms with Gasteiger partial charge in [0, 0.05) is 43.0 Å². The Bertz CT molecular complexity index is 849. The zero-order valence-corrected chi connectivity index (χ0v) is 15.0. The Kier molecular flexibility index (Phi) is 5.71. The van der Waals surface area contributed by atoms with E-state index in [2.05, 4.69) is 10.6 Å². The summed E-state index contributed by atoms with van der Waals surface area (Å²) >= 11 is 0. The number of carbonyl (C=O) groups is 3. The van der Waals surface area contributed by atoms with Crippen molar-refractivity contribution in [2.24, 2.45) is 0 Å². The summed E-state index contributed by atoms with van der Waals surface area (Å²) in [5, 5.41) is 5.39. The van der Waals surface area contributed by atoms with Crippen LogP contribution in [0.5, 0.6) is 5.75 Å². The molecule has 7 heteroatoms. The Balaban J connectivity index is 1.53. The number of rotatable bonds is 6. The van der Waals surface area contributed by atoms with Gasteiger partial charge in [0.25, 0.3) is 5.91 Å². The van der Waals surface area contributed by atoms with E-state index in [0.717, 1.165) is 12.1 Å². The third-order valence-corrected chi connectivity index (χ3v) is 4.06. The fraction of sp³-hybridized carbons (Fsp3) is 0.250. The molecule has 0 radical (unpaired) electrons. The van der Waals surface area contributed by atoms with Crippen molar-refractivity contribution in [2.75, 3.05) is 28.7 Å². The van der Waals surface area contributed by atoms with Crippen molar-refractivity contribution in [3.05, 3.63) is 48.5 Å². The molecule has 7 nitrogen and oxygen atoms in total. The lowest BCUT2D eigenvalue weighted by atomic mass is 10.2. The molecule has 0 unspecified atom stereocenters. The van der Waals surface area contributed by atoms with Crippen LogP contribution in [0.25, 0.3) is 0 Å². The molecule has 1 aliphatic rings. The van der Waals surface area contributed by atoms with E-state index in [4.69, 9.17) is 4.74 Å². The van der Waals surface area contributed by atoms with Crippen LogP contribution in [-0.2, 0) is 14.4 Å². The Morgan fingerprint density at radius 2 is 1.78 bits per heavy atom. The maximum absolute atomic E-state index is 12.1. The van der Waals surface area contributed by atoms with Gasteiger partial charge in [0.15, 0.2) is 6.61 Å². The van der Waals surface area contributed by atoms with Crippen LogP contribution in [-0.4, -0.2) is 30.9 Å². The zero-order chi connectivity index (χ0) is 19.2. The van der Waals surface area contributed by atoms with Crippen LogP contribution in [0, 0.1) is 0 Å². The summed E-state index contributed by atoms with van der Waals surface area (Å²) in [7, 11) is 0. The lowest BCUT2D eigenvalue weighted by Crippen LogP contribution is -2.24. The molecule has 0 aliphatic carbocycles. The zero-order valence-electron chi connectivity index (χ0n) is 15.0. The van der Waals surface area contributed by atoms with E-state index in [9.17, 15) is 14.4 Å². The minimum absolute atomic E-state index is 0.104. The van der Waals surface area contributed by atoms with Crippen molar-refractivity contribution < 1.29 is 19.1 Å². The van der Waals surface area contributed by atoms with Gasteiger partial charge >= 0.3 is 0 Å². The van der Waals surface area contributed by atoms with Crippen LogP contribution < -0.4 is 20.3 Å². The molecule has 140 valence electrons. The van der Waals surface area contributed by atoms with Crippen molar-refractivity contribution in [2.45, 2.75) is 19.8 Å². The first-order chi connectivity index (χ1) is 13.0. The van der Waals surface area contributed by atoms with Gasteiger partial charge in [-0.1, -0.05) is 6.07 Å². The van der Waals surface area contributed by atoms with E-state index in [1.807, 2.05) is 6.07 Å². The van der Waals surface area contributed by atoms with Crippen LogP contribution >= 0.6 is 0 Å². The molecule has 0 bridgehead atoms. The Labute approximate surface area is 157 Å². The van der Waals surface area contributed by atoms with Gasteiger partial charge < -0.3 is 20.3 Å². The van der Waals surface area contributed by atoms with E-state index in [-0.39, 0.29) is 24.3 Å². The van der Waals surface area contributed by atoms with E-state index >= 15 is 0 Å². The summed E-state index contributed by atoms with van der Waals surface area (Å²) in [6, 6.07) is 14.0. The maximum atomic E-state index is 12.1. The third kappa shape index (κ3) is 5.07. The van der Waals surface area contributed by atoms with Gasteiger partial charge in [0.05, 0.1) is 0 Å². The molecular formula is C20H21N3O4. The number of nitrogens with zero attached hydrogens (tertiary/aromatic N) is 1. The van der Waals surface area contributed by atoms with E-state index in [1.54, 1.807) is 47.4 Å². The molecule has 1 aliphatic heterocycles. The van der Waals surface area contributed by atoms with Gasteiger partial charge in [-0.3, -0.25) is 14.4 Å². The van der Waals surface area contributed by atoms with Crippen molar-refractivity contribution in [3.63, 3.8) is 0 Å². The van der Waals surface area contributed by atoms with Crippen LogP contribution in [0.3, 0.4) is 0 Å². The molecule has 0 atom stereocenters. The Morgan fingerprint density at radius 3 is 2.41 bits per heavy atom. The number of hydrogen-bond donors (Lipinski definition) is 2. The van der Waals surface area contributed by atoms with Gasteiger partial charge in [0.2, 0.25) is 11.8 Å². The number of hydrogen-bond acceptors (Lipinski definition) is 4. The van der Waals surface area contributed by atoms with Gasteiger partial charge in [-0.05, 0) is 42.8 Å². The number of nitrogens with one attached hydrogen (secondary N) is 2. The molecule has 0 spiro atoms. The minimum atomic E-state index is -0.301. The fourth-order valence-electron chi connectivity index (χ4n) is 2.85. The van der Waals surface area contributed by atoms with Crippen molar-refractivity contribution in [3.8, 4) is 5.75 Å². The molecule has 0 saturated carbocycles. The maximum Gasteiger partial charge on any atom is 0.262 e. The summed E-state index contributed by atoms with van der Waals surface area (Å²) in [5.74, 6) is 0.180. The smallest absolute Gasteiger partial charge is 0.262 e. The highest BCUT2D eigenvalue weighted by atomic mass is 16.5. The monoisotopic (exact) mass is 367 g/mol. The minimum Gasteiger partial charge on any atom is -0.484 e. The summed E-state index contributed by atoms with van der Waals surface area (Å²) < 4.78 is 5.54. The molecule has 1 saturated heterocycles. The normalized spacial score (nSPS) is 13.4. The lowest BCUT2D eigenvalue weighted by Gasteiger charge is -2.16. The first-order valence-corrected chi connectivity index (χ1v) is 8.72. The average molecular weight is 367 g/mol. The Morgan fingerprint density at radius 1 is 1.07 bits per heavy atom. The molecular weight excluding hydrogens is 346 g/mol. The molecule has 1 fully saturated rings. The van der Waals surface area contributed by atoms with E-state index in [1.165, 1.54) is 6.92 Å². The van der Waals surface area contributed by atoms with E-state index in [0.29, 0.717) is 30.1 Å². The highest BCUT2D eigenvalue weighted by molar-refractivity contribution is 5.95. The second-order valence-electron chi connectivity index (χ2n) is 6.24. The number of carbonyl (C=O) groups excluding carboxylic acids is 3. The van der Waals surface area contributed by atoms with Crippen molar-refractivity contribution in [1.29, 1.82) is 0 Å². The molecule has 1 heterocycles. The second kappa shape index (κ2) is 8.35. The standard InChI is InChI=1S/C20H21N3O4/c1-14(24)21-15-7-9-16(10-8-15)22-19(25)13-27-18-5-2-4-17(12-18)23-11-3-6-20(23)26/h2,4-5,7-10,12H,3,6,11,13H2,1H3,(H,21,24)(H,22,25). The molecule has 2 aromatic carbocycles. The highest BCUT2D eigenvalue weighted by Crippen LogP contribution is 2.25. The number of ether oxygens (including phenoxy) is 1. The largest absolute Gasteiger partial charge is 0.484 e. The molecule has 27 heavy (non-hydrogen) atoms. The van der Waals surface area contributed by atoms with Gasteiger partial charge in [0.1, 0.15) is 5.75 Å². The average Bonchev–Trinajstić information content (AvgIpc) is 3.07. The third-order valence-electron chi connectivity index (χ3n) is 4.06. The topological polar surface area (TPSA) is 87.7 Å². The molecule has 0 aromatic heterocycles. The molecule has 3 rings (SSSR count). The van der Waals surface area contributed by atoms with E-state index < -0.39 is 0 Å². The molecule has 2 N–H and O–H groups in total. The van der Waals surface area contributed by atoms with Crippen molar-refractivity contribution in [1.82, 2.24) is 0 Å². The van der Waals surface area contributed by atoms with Gasteiger partial charge in [-0.15, -0.1) is 0 Å². The summed E-state index contributed by atoms with van der Waals surface area (Å²) in [6.45, 7) is 1.99. The summed E-state index contributed by atoms with van der Waals surface area (Å²) in [5.41, 5.74) is 2.04. The fourth-order valence-corrected chi connectivity index (χ4v) is 2.85. The number of amides is 3. The molecule has 3 amide bonds. The highest BCUT2D eigenvalue weighted by Gasteiger charge is 2.21. The number of benzene rings is 2. The van der Waals surface area contributed by atoms with Crippen LogP contribution in [0.1, 0.15) is 19.8 Å². The Hall–Kier alpha value is -3.35. The lowest BCUT2D eigenvalue weighted by molar-refractivity contribution is -0.118. The number of anilines is 3. The van der Waals surface area contributed by atoms with Crippen LogP contribution in [0.15, 0.2) is 48.5 Å². The summed E-state index contributed by atoms with van der Waals surface area (Å²) in [6.07, 6.45) is 1.42. The molecule has 2 aromatic rings. The van der Waals surface area contributed by atoms with Gasteiger partial charge in [-0.2, -0.15) is 0 Å². The predicted molar refractivity (Wildman–Crippen MR) is 103 cm³/mol. The SMILES string of the molecule is CC(=O)Nc1ccc(NC(=O)COc2cccc(N3CCCC3=O)c2)cc1. The van der Waals surface area contributed by atoms with Crippen LogP contribution in [0.2, 0.25) is 0 Å². The second-order valence-corrected chi connectivity index (χ2v) is 6.24. The first kappa shape index (κ1) is 18.4. The van der Waals surface area contributed by atoms with Crippen molar-refractivity contribution >= 4 is 34.8 Å².